The molecule has 3 nitrogen and oxygen atoms in total. The molecule has 1 aromatic carbocycles. The summed E-state index contributed by atoms with van der Waals surface area (Å²) in [6.07, 6.45) is 3.36. The van der Waals surface area contributed by atoms with Crippen LogP contribution in [0, 0.1) is 5.92 Å². The molecule has 19 heavy (non-hydrogen) atoms. The van der Waals surface area contributed by atoms with Crippen LogP contribution < -0.4 is 10.2 Å². The Morgan fingerprint density at radius 1 is 1.32 bits per heavy atom. The van der Waals surface area contributed by atoms with Crippen molar-refractivity contribution in [3.63, 3.8) is 0 Å². The SMILES string of the molecule is CN(C)c1ccc(C(=O)NCC2CCCC2Cl)cc1. The van der Waals surface area contributed by atoms with Gasteiger partial charge in [-0.2, -0.15) is 0 Å². The van der Waals surface area contributed by atoms with Crippen molar-refractivity contribution in [1.82, 2.24) is 5.32 Å². The molecule has 1 saturated carbocycles. The fourth-order valence-electron chi connectivity index (χ4n) is 2.46. The molecule has 2 atom stereocenters. The zero-order valence-corrected chi connectivity index (χ0v) is 12.3. The van der Waals surface area contributed by atoms with E-state index >= 15 is 0 Å². The maximum Gasteiger partial charge on any atom is 0.251 e. The number of anilines is 1. The van der Waals surface area contributed by atoms with Crippen molar-refractivity contribution in [3.05, 3.63) is 29.8 Å². The molecule has 0 saturated heterocycles. The van der Waals surface area contributed by atoms with Crippen LogP contribution in [0.5, 0.6) is 0 Å². The number of nitrogens with zero attached hydrogens (tertiary/aromatic N) is 1. The summed E-state index contributed by atoms with van der Waals surface area (Å²) in [5.74, 6) is 0.410. The van der Waals surface area contributed by atoms with Gasteiger partial charge in [0.15, 0.2) is 0 Å². The highest BCUT2D eigenvalue weighted by atomic mass is 35.5. The highest BCUT2D eigenvalue weighted by Gasteiger charge is 2.25. The maximum absolute atomic E-state index is 12.0. The number of halogens is 1. The summed E-state index contributed by atoms with van der Waals surface area (Å²) < 4.78 is 0. The molecule has 0 aromatic heterocycles. The number of hydrogen-bond acceptors (Lipinski definition) is 2. The monoisotopic (exact) mass is 280 g/mol. The molecule has 1 amide bonds. The third-order valence-electron chi connectivity index (χ3n) is 3.74. The van der Waals surface area contributed by atoms with Crippen molar-refractivity contribution >= 4 is 23.2 Å². The molecule has 1 aromatic rings. The van der Waals surface area contributed by atoms with Crippen molar-refractivity contribution in [3.8, 4) is 0 Å². The first-order chi connectivity index (χ1) is 9.08. The Kier molecular flexibility index (Phi) is 4.70. The molecule has 2 unspecified atom stereocenters. The molecule has 1 N–H and O–H groups in total. The van der Waals surface area contributed by atoms with Gasteiger partial charge in [0.1, 0.15) is 0 Å². The van der Waals surface area contributed by atoms with E-state index in [4.69, 9.17) is 11.6 Å². The first-order valence-corrected chi connectivity index (χ1v) is 7.21. The molecule has 0 radical (unpaired) electrons. The van der Waals surface area contributed by atoms with Crippen LogP contribution in [0.25, 0.3) is 0 Å². The Bertz CT molecular complexity index is 430. The van der Waals surface area contributed by atoms with Crippen molar-refractivity contribution in [2.45, 2.75) is 24.6 Å². The van der Waals surface area contributed by atoms with Gasteiger partial charge in [-0.25, -0.2) is 0 Å². The lowest BCUT2D eigenvalue weighted by Gasteiger charge is -2.15. The second-order valence-corrected chi connectivity index (χ2v) is 5.92. The molecule has 0 aliphatic heterocycles. The van der Waals surface area contributed by atoms with Crippen molar-refractivity contribution in [2.24, 2.45) is 5.92 Å². The molecule has 2 rings (SSSR count). The number of nitrogens with one attached hydrogen (secondary N) is 1. The summed E-state index contributed by atoms with van der Waals surface area (Å²) in [6, 6.07) is 7.62. The average molecular weight is 281 g/mol. The number of benzene rings is 1. The Balaban J connectivity index is 1.89. The highest BCUT2D eigenvalue weighted by molar-refractivity contribution is 6.21. The Hall–Kier alpha value is -1.22. The number of carbonyl (C=O) groups excluding carboxylic acids is 1. The summed E-state index contributed by atoms with van der Waals surface area (Å²) in [4.78, 5) is 14.0. The second-order valence-electron chi connectivity index (χ2n) is 5.36. The van der Waals surface area contributed by atoms with E-state index in [2.05, 4.69) is 5.32 Å². The third-order valence-corrected chi connectivity index (χ3v) is 4.31. The van der Waals surface area contributed by atoms with Gasteiger partial charge in [0.05, 0.1) is 0 Å². The van der Waals surface area contributed by atoms with Gasteiger partial charge in [0, 0.05) is 37.3 Å². The lowest BCUT2D eigenvalue weighted by Crippen LogP contribution is -2.31. The van der Waals surface area contributed by atoms with Gasteiger partial charge in [-0.05, 0) is 43.0 Å². The van der Waals surface area contributed by atoms with Crippen LogP contribution in [-0.4, -0.2) is 31.9 Å². The second kappa shape index (κ2) is 6.29. The van der Waals surface area contributed by atoms with Gasteiger partial charge < -0.3 is 10.2 Å². The number of carbonyl (C=O) groups is 1. The Morgan fingerprint density at radius 3 is 2.53 bits per heavy atom. The van der Waals surface area contributed by atoms with Gasteiger partial charge in [0.25, 0.3) is 5.91 Å². The number of alkyl halides is 1. The first-order valence-electron chi connectivity index (χ1n) is 6.77. The maximum atomic E-state index is 12.0. The van der Waals surface area contributed by atoms with Gasteiger partial charge >= 0.3 is 0 Å². The van der Waals surface area contributed by atoms with Gasteiger partial charge in [-0.1, -0.05) is 6.42 Å². The molecule has 1 aliphatic rings. The predicted molar refractivity (Wildman–Crippen MR) is 80.1 cm³/mol. The molecular weight excluding hydrogens is 260 g/mol. The highest BCUT2D eigenvalue weighted by Crippen LogP contribution is 2.29. The molecule has 0 heterocycles. The average Bonchev–Trinajstić information content (AvgIpc) is 2.81. The number of amides is 1. The van der Waals surface area contributed by atoms with E-state index in [1.165, 1.54) is 6.42 Å². The van der Waals surface area contributed by atoms with E-state index in [-0.39, 0.29) is 11.3 Å². The quantitative estimate of drug-likeness (QED) is 0.860. The van der Waals surface area contributed by atoms with Crippen LogP contribution >= 0.6 is 11.6 Å². The normalized spacial score (nSPS) is 22.3. The van der Waals surface area contributed by atoms with Gasteiger partial charge in [-0.3, -0.25) is 4.79 Å². The predicted octanol–water partition coefficient (Wildman–Crippen LogP) is 2.89. The Labute approximate surface area is 119 Å². The Morgan fingerprint density at radius 2 is 2.00 bits per heavy atom. The lowest BCUT2D eigenvalue weighted by atomic mass is 10.1. The van der Waals surface area contributed by atoms with E-state index in [1.807, 2.05) is 43.3 Å². The fourth-order valence-corrected chi connectivity index (χ4v) is 2.83. The third kappa shape index (κ3) is 3.63. The largest absolute Gasteiger partial charge is 0.378 e. The van der Waals surface area contributed by atoms with Gasteiger partial charge in [0.2, 0.25) is 0 Å². The summed E-state index contributed by atoms with van der Waals surface area (Å²) in [6.45, 7) is 0.683. The van der Waals surface area contributed by atoms with Crippen LogP contribution in [0.2, 0.25) is 0 Å². The van der Waals surface area contributed by atoms with E-state index < -0.39 is 0 Å². The molecule has 4 heteroatoms. The smallest absolute Gasteiger partial charge is 0.251 e. The van der Waals surface area contributed by atoms with Crippen molar-refractivity contribution < 1.29 is 4.79 Å². The van der Waals surface area contributed by atoms with Crippen LogP contribution in [-0.2, 0) is 0 Å². The zero-order valence-electron chi connectivity index (χ0n) is 11.5. The van der Waals surface area contributed by atoms with Crippen molar-refractivity contribution in [2.75, 3.05) is 25.5 Å². The minimum Gasteiger partial charge on any atom is -0.378 e. The van der Waals surface area contributed by atoms with E-state index in [0.29, 0.717) is 18.0 Å². The van der Waals surface area contributed by atoms with E-state index in [9.17, 15) is 4.79 Å². The topological polar surface area (TPSA) is 32.3 Å². The summed E-state index contributed by atoms with van der Waals surface area (Å²) in [7, 11) is 3.96. The van der Waals surface area contributed by atoms with E-state index in [0.717, 1.165) is 18.5 Å². The standard InChI is InChI=1S/C15H21ClN2O/c1-18(2)13-8-6-11(7-9-13)15(19)17-10-12-4-3-5-14(12)16/h6-9,12,14H,3-5,10H2,1-2H3,(H,17,19). The van der Waals surface area contributed by atoms with Gasteiger partial charge in [-0.15, -0.1) is 11.6 Å². The number of rotatable bonds is 4. The molecule has 104 valence electrons. The summed E-state index contributed by atoms with van der Waals surface area (Å²) in [5.41, 5.74) is 1.79. The van der Waals surface area contributed by atoms with E-state index in [1.54, 1.807) is 0 Å². The van der Waals surface area contributed by atoms with Crippen LogP contribution in [0.3, 0.4) is 0 Å². The first kappa shape index (κ1) is 14.2. The zero-order chi connectivity index (χ0) is 13.8. The minimum atomic E-state index is -0.0129. The summed E-state index contributed by atoms with van der Waals surface area (Å²) >= 11 is 6.21. The van der Waals surface area contributed by atoms with Crippen LogP contribution in [0.1, 0.15) is 29.6 Å². The number of hydrogen-bond donors (Lipinski definition) is 1. The van der Waals surface area contributed by atoms with Crippen LogP contribution in [0.4, 0.5) is 5.69 Å². The molecule has 0 spiro atoms. The molecule has 1 fully saturated rings. The summed E-state index contributed by atoms with van der Waals surface area (Å²) in [5, 5.41) is 3.20. The molecule has 1 aliphatic carbocycles. The fraction of sp³-hybridized carbons (Fsp3) is 0.533. The molecular formula is C15H21ClN2O. The lowest BCUT2D eigenvalue weighted by molar-refractivity contribution is 0.0947. The molecule has 0 bridgehead atoms. The minimum absolute atomic E-state index is 0.0129. The van der Waals surface area contributed by atoms with Crippen LogP contribution in [0.15, 0.2) is 24.3 Å². The van der Waals surface area contributed by atoms with Crippen molar-refractivity contribution in [1.29, 1.82) is 0 Å².